The average Bonchev–Trinajstić information content (AvgIpc) is 2.73. The minimum atomic E-state index is -1.04. The van der Waals surface area contributed by atoms with Crippen LogP contribution in [0.5, 0.6) is 0 Å². The van der Waals surface area contributed by atoms with Crippen molar-refractivity contribution >= 4 is 17.7 Å². The highest BCUT2D eigenvalue weighted by atomic mass is 16.3. The van der Waals surface area contributed by atoms with Crippen LogP contribution < -0.4 is 21.7 Å². The zero-order chi connectivity index (χ0) is 27.0. The molecule has 0 radical (unpaired) electrons. The second-order valence-corrected chi connectivity index (χ2v) is 11.8. The number of aliphatic hydroxyl groups is 1. The molecule has 0 unspecified atom stereocenters. The lowest BCUT2D eigenvalue weighted by Gasteiger charge is -2.32. The summed E-state index contributed by atoms with van der Waals surface area (Å²) in [6.45, 7) is 15.1. The Bertz CT molecular complexity index is 828. The minimum Gasteiger partial charge on any atom is -0.389 e. The van der Waals surface area contributed by atoms with E-state index in [0.29, 0.717) is 6.42 Å². The number of rotatable bonds is 11. The number of hydrogen-bond acceptors (Lipinski definition) is 5. The Hall–Kier alpha value is -2.45. The SMILES string of the molecule is CC(C)[C@H](N)C(=O)N[C@@H](Cc1ccccc1)[C@H](O)CNC(=O)C[C@H](C(=O)NC(C)(C)C)C(C)(C)C. The first-order chi connectivity index (χ1) is 16.0. The van der Waals surface area contributed by atoms with Crippen LogP contribution >= 0.6 is 0 Å². The second-order valence-electron chi connectivity index (χ2n) is 11.8. The van der Waals surface area contributed by atoms with Crippen LogP contribution in [0.2, 0.25) is 0 Å². The molecule has 4 atom stereocenters. The molecule has 6 N–H and O–H groups in total. The fourth-order valence-corrected chi connectivity index (χ4v) is 3.60. The molecule has 8 heteroatoms. The van der Waals surface area contributed by atoms with E-state index in [1.807, 2.05) is 85.7 Å². The zero-order valence-electron chi connectivity index (χ0n) is 22.6. The van der Waals surface area contributed by atoms with E-state index in [1.165, 1.54) is 0 Å². The van der Waals surface area contributed by atoms with Crippen molar-refractivity contribution < 1.29 is 19.5 Å². The van der Waals surface area contributed by atoms with Gasteiger partial charge in [0, 0.05) is 18.5 Å². The van der Waals surface area contributed by atoms with E-state index >= 15 is 0 Å². The molecule has 0 saturated carbocycles. The fourth-order valence-electron chi connectivity index (χ4n) is 3.60. The highest BCUT2D eigenvalue weighted by Gasteiger charge is 2.35. The average molecular weight is 491 g/mol. The predicted molar refractivity (Wildman–Crippen MR) is 139 cm³/mol. The lowest BCUT2D eigenvalue weighted by Crippen LogP contribution is -2.54. The predicted octanol–water partition coefficient (Wildman–Crippen LogP) is 2.14. The number of benzene rings is 1. The molecule has 1 aromatic carbocycles. The number of amides is 3. The van der Waals surface area contributed by atoms with Gasteiger partial charge in [-0.05, 0) is 44.1 Å². The van der Waals surface area contributed by atoms with Crippen molar-refractivity contribution in [2.45, 2.75) is 92.0 Å². The van der Waals surface area contributed by atoms with E-state index in [4.69, 9.17) is 5.73 Å². The molecule has 1 rings (SSSR count). The monoisotopic (exact) mass is 490 g/mol. The molecule has 0 bridgehead atoms. The Kier molecular flexibility index (Phi) is 11.4. The van der Waals surface area contributed by atoms with Crippen molar-refractivity contribution in [2.75, 3.05) is 6.54 Å². The van der Waals surface area contributed by atoms with E-state index in [-0.39, 0.29) is 36.6 Å². The number of aliphatic hydroxyl groups excluding tert-OH is 1. The minimum absolute atomic E-state index is 0.00787. The van der Waals surface area contributed by atoms with E-state index < -0.39 is 35.1 Å². The van der Waals surface area contributed by atoms with Crippen molar-refractivity contribution in [1.82, 2.24) is 16.0 Å². The van der Waals surface area contributed by atoms with Crippen molar-refractivity contribution in [3.05, 3.63) is 35.9 Å². The molecule has 3 amide bonds. The first-order valence-corrected chi connectivity index (χ1v) is 12.4. The standard InChI is InChI=1S/C27H46N4O4/c1-17(2)23(28)25(35)30-20(14-18-12-10-9-11-13-18)21(32)16-29-22(33)15-19(26(3,4)5)24(34)31-27(6,7)8/h9-13,17,19-21,23,32H,14-16,28H2,1-8H3,(H,29,33)(H,30,35)(H,31,34)/t19-,20+,21-,23+/m1/s1. The third-order valence-electron chi connectivity index (χ3n) is 5.87. The summed E-state index contributed by atoms with van der Waals surface area (Å²) < 4.78 is 0. The summed E-state index contributed by atoms with van der Waals surface area (Å²) >= 11 is 0. The highest BCUT2D eigenvalue weighted by molar-refractivity contribution is 5.86. The van der Waals surface area contributed by atoms with E-state index in [9.17, 15) is 19.5 Å². The molecule has 198 valence electrons. The normalized spacial score (nSPS) is 15.6. The van der Waals surface area contributed by atoms with Crippen LogP contribution in [0.25, 0.3) is 0 Å². The van der Waals surface area contributed by atoms with Crippen molar-refractivity contribution in [3.8, 4) is 0 Å². The van der Waals surface area contributed by atoms with Gasteiger partial charge in [0.05, 0.1) is 24.1 Å². The van der Waals surface area contributed by atoms with Crippen LogP contribution in [-0.4, -0.2) is 53.1 Å². The lowest BCUT2D eigenvalue weighted by molar-refractivity contribution is -0.135. The first-order valence-electron chi connectivity index (χ1n) is 12.4. The number of hydrogen-bond donors (Lipinski definition) is 5. The summed E-state index contributed by atoms with van der Waals surface area (Å²) in [5.41, 5.74) is 6.09. The maximum absolute atomic E-state index is 12.8. The third-order valence-corrected chi connectivity index (χ3v) is 5.87. The summed E-state index contributed by atoms with van der Waals surface area (Å²) in [7, 11) is 0. The summed E-state index contributed by atoms with van der Waals surface area (Å²) in [5.74, 6) is -1.47. The topological polar surface area (TPSA) is 134 Å². The molecule has 0 heterocycles. The first kappa shape index (κ1) is 30.6. The maximum atomic E-state index is 12.8. The molecule has 0 spiro atoms. The molecule has 0 aliphatic rings. The van der Waals surface area contributed by atoms with Gasteiger partial charge in [-0.15, -0.1) is 0 Å². The van der Waals surface area contributed by atoms with Crippen LogP contribution in [0.1, 0.15) is 67.4 Å². The highest BCUT2D eigenvalue weighted by Crippen LogP contribution is 2.29. The summed E-state index contributed by atoms with van der Waals surface area (Å²) in [5, 5.41) is 19.4. The van der Waals surface area contributed by atoms with Crippen LogP contribution in [0.3, 0.4) is 0 Å². The fraction of sp³-hybridized carbons (Fsp3) is 0.667. The van der Waals surface area contributed by atoms with Gasteiger partial charge >= 0.3 is 0 Å². The number of nitrogens with two attached hydrogens (primary N) is 1. The summed E-state index contributed by atoms with van der Waals surface area (Å²) in [4.78, 5) is 38.2. The van der Waals surface area contributed by atoms with E-state index in [0.717, 1.165) is 5.56 Å². The number of carbonyl (C=O) groups is 3. The quantitative estimate of drug-likeness (QED) is 0.324. The molecule has 0 aliphatic heterocycles. The summed E-state index contributed by atoms with van der Waals surface area (Å²) in [6.07, 6.45) is -0.669. The van der Waals surface area contributed by atoms with Crippen LogP contribution in [0.15, 0.2) is 30.3 Å². The summed E-state index contributed by atoms with van der Waals surface area (Å²) in [6, 6.07) is 8.14. The van der Waals surface area contributed by atoms with Gasteiger partial charge in [-0.3, -0.25) is 14.4 Å². The van der Waals surface area contributed by atoms with Gasteiger partial charge in [-0.2, -0.15) is 0 Å². The van der Waals surface area contributed by atoms with E-state index in [2.05, 4.69) is 16.0 Å². The van der Waals surface area contributed by atoms with Gasteiger partial charge in [0.15, 0.2) is 0 Å². The van der Waals surface area contributed by atoms with Crippen molar-refractivity contribution in [2.24, 2.45) is 23.0 Å². The molecular weight excluding hydrogens is 444 g/mol. The Balaban J connectivity index is 2.88. The smallest absolute Gasteiger partial charge is 0.237 e. The number of carbonyl (C=O) groups excluding carboxylic acids is 3. The molecule has 35 heavy (non-hydrogen) atoms. The van der Waals surface area contributed by atoms with Gasteiger partial charge in [-0.25, -0.2) is 0 Å². The van der Waals surface area contributed by atoms with E-state index in [1.54, 1.807) is 0 Å². The Labute approximate surface area is 210 Å². The van der Waals surface area contributed by atoms with Crippen LogP contribution in [0.4, 0.5) is 0 Å². The molecule has 0 aromatic heterocycles. The van der Waals surface area contributed by atoms with Gasteiger partial charge in [-0.1, -0.05) is 65.0 Å². The van der Waals surface area contributed by atoms with Gasteiger partial charge in [0.2, 0.25) is 17.7 Å². The lowest BCUT2D eigenvalue weighted by atomic mass is 9.77. The molecule has 8 nitrogen and oxygen atoms in total. The Morgan fingerprint density at radius 2 is 1.54 bits per heavy atom. The second kappa shape index (κ2) is 13.0. The Morgan fingerprint density at radius 1 is 0.971 bits per heavy atom. The van der Waals surface area contributed by atoms with Crippen LogP contribution in [-0.2, 0) is 20.8 Å². The maximum Gasteiger partial charge on any atom is 0.237 e. The molecule has 0 aliphatic carbocycles. The van der Waals surface area contributed by atoms with Crippen molar-refractivity contribution in [1.29, 1.82) is 0 Å². The van der Waals surface area contributed by atoms with Crippen LogP contribution in [0, 0.1) is 17.3 Å². The molecule has 0 fully saturated rings. The molecular formula is C27H46N4O4. The van der Waals surface area contributed by atoms with Crippen molar-refractivity contribution in [3.63, 3.8) is 0 Å². The van der Waals surface area contributed by atoms with Gasteiger partial charge in [0.25, 0.3) is 0 Å². The molecule has 0 saturated heterocycles. The zero-order valence-corrected chi connectivity index (χ0v) is 22.6. The number of nitrogens with one attached hydrogen (secondary N) is 3. The van der Waals surface area contributed by atoms with Gasteiger partial charge in [0.1, 0.15) is 0 Å². The Morgan fingerprint density at radius 3 is 2.03 bits per heavy atom. The third kappa shape index (κ3) is 11.2. The largest absolute Gasteiger partial charge is 0.389 e. The molecule has 1 aromatic rings. The van der Waals surface area contributed by atoms with Gasteiger partial charge < -0.3 is 26.8 Å².